The summed E-state index contributed by atoms with van der Waals surface area (Å²) in [5.74, 6) is 2.88. The highest BCUT2D eigenvalue weighted by atomic mass is 79.9. The van der Waals surface area contributed by atoms with Gasteiger partial charge in [0.15, 0.2) is 11.5 Å². The van der Waals surface area contributed by atoms with Gasteiger partial charge in [-0.25, -0.2) is 4.98 Å². The van der Waals surface area contributed by atoms with Crippen molar-refractivity contribution in [3.63, 3.8) is 0 Å². The summed E-state index contributed by atoms with van der Waals surface area (Å²) in [7, 11) is 3.26. The van der Waals surface area contributed by atoms with Gasteiger partial charge in [-0.2, -0.15) is 14.6 Å². The Hall–Kier alpha value is -2.35. The lowest BCUT2D eigenvalue weighted by Gasteiger charge is -2.13. The average Bonchev–Trinajstić information content (AvgIpc) is 3.04. The van der Waals surface area contributed by atoms with Gasteiger partial charge < -0.3 is 14.8 Å². The molecule has 8 heteroatoms. The maximum Gasteiger partial charge on any atom is 0.254 e. The predicted molar refractivity (Wildman–Crippen MR) is 95.0 cm³/mol. The van der Waals surface area contributed by atoms with Crippen molar-refractivity contribution in [3.05, 3.63) is 40.3 Å². The summed E-state index contributed by atoms with van der Waals surface area (Å²) in [5.41, 5.74) is 2.02. The fourth-order valence-electron chi connectivity index (χ4n) is 2.47. The average molecular weight is 392 g/mol. The molecular weight excluding hydrogens is 374 g/mol. The molecule has 0 aliphatic heterocycles. The first-order chi connectivity index (χ1) is 11.6. The van der Waals surface area contributed by atoms with E-state index in [1.165, 1.54) is 6.33 Å². The van der Waals surface area contributed by atoms with Crippen LogP contribution in [0, 0.1) is 6.92 Å². The van der Waals surface area contributed by atoms with Crippen molar-refractivity contribution < 1.29 is 9.47 Å². The van der Waals surface area contributed by atoms with Gasteiger partial charge in [0, 0.05) is 22.8 Å². The van der Waals surface area contributed by atoms with E-state index in [-0.39, 0.29) is 0 Å². The Morgan fingerprint density at radius 3 is 2.67 bits per heavy atom. The van der Waals surface area contributed by atoms with Gasteiger partial charge in [0.2, 0.25) is 0 Å². The molecule has 1 aromatic carbocycles. The number of halogens is 1. The largest absolute Gasteiger partial charge is 0.493 e. The van der Waals surface area contributed by atoms with Gasteiger partial charge in [0.1, 0.15) is 12.1 Å². The van der Waals surface area contributed by atoms with Crippen molar-refractivity contribution >= 4 is 27.5 Å². The Balaban J connectivity index is 1.75. The smallest absolute Gasteiger partial charge is 0.254 e. The van der Waals surface area contributed by atoms with Crippen LogP contribution in [-0.2, 0) is 6.42 Å². The van der Waals surface area contributed by atoms with Crippen molar-refractivity contribution in [1.29, 1.82) is 0 Å². The first-order valence-electron chi connectivity index (χ1n) is 7.44. The number of aromatic nitrogens is 4. The maximum atomic E-state index is 5.36. The summed E-state index contributed by atoms with van der Waals surface area (Å²) in [6, 6.07) is 5.85. The van der Waals surface area contributed by atoms with Crippen molar-refractivity contribution in [1.82, 2.24) is 19.6 Å². The molecule has 0 saturated carbocycles. The molecule has 2 heterocycles. The van der Waals surface area contributed by atoms with Crippen LogP contribution in [0.5, 0.6) is 11.5 Å². The second kappa shape index (κ2) is 7.04. The van der Waals surface area contributed by atoms with Crippen LogP contribution in [0.2, 0.25) is 0 Å². The fourth-order valence-corrected chi connectivity index (χ4v) is 2.99. The highest BCUT2D eigenvalue weighted by Crippen LogP contribution is 2.33. The molecule has 2 aromatic heterocycles. The molecule has 0 bridgehead atoms. The highest BCUT2D eigenvalue weighted by Gasteiger charge is 2.10. The van der Waals surface area contributed by atoms with Crippen LogP contribution in [0.1, 0.15) is 11.3 Å². The Labute approximate surface area is 148 Å². The Morgan fingerprint density at radius 2 is 1.92 bits per heavy atom. The molecule has 0 aliphatic carbocycles. The van der Waals surface area contributed by atoms with Gasteiger partial charge >= 0.3 is 0 Å². The molecule has 126 valence electrons. The van der Waals surface area contributed by atoms with Crippen molar-refractivity contribution in [2.24, 2.45) is 0 Å². The SMILES string of the molecule is COc1cc(Br)c(CCNc2cc(C)nc3ncnn23)cc1OC. The molecule has 3 aromatic rings. The van der Waals surface area contributed by atoms with E-state index in [2.05, 4.69) is 36.3 Å². The minimum Gasteiger partial charge on any atom is -0.493 e. The molecule has 0 amide bonds. The zero-order valence-electron chi connectivity index (χ0n) is 13.7. The zero-order chi connectivity index (χ0) is 17.1. The lowest BCUT2D eigenvalue weighted by molar-refractivity contribution is 0.354. The Morgan fingerprint density at radius 1 is 1.17 bits per heavy atom. The number of hydrogen-bond acceptors (Lipinski definition) is 6. The van der Waals surface area contributed by atoms with E-state index >= 15 is 0 Å². The minimum absolute atomic E-state index is 0.588. The molecule has 0 spiro atoms. The van der Waals surface area contributed by atoms with Crippen LogP contribution in [0.15, 0.2) is 29.0 Å². The van der Waals surface area contributed by atoms with Crippen LogP contribution in [-0.4, -0.2) is 40.3 Å². The van der Waals surface area contributed by atoms with E-state index < -0.39 is 0 Å². The third kappa shape index (κ3) is 3.28. The molecule has 7 nitrogen and oxygen atoms in total. The van der Waals surface area contributed by atoms with E-state index in [0.29, 0.717) is 17.3 Å². The van der Waals surface area contributed by atoms with Crippen LogP contribution in [0.4, 0.5) is 5.82 Å². The summed E-state index contributed by atoms with van der Waals surface area (Å²) in [6.45, 7) is 2.66. The van der Waals surface area contributed by atoms with E-state index in [4.69, 9.17) is 9.47 Å². The molecular formula is C16H18BrN5O2. The number of nitrogens with one attached hydrogen (secondary N) is 1. The molecule has 0 aliphatic rings. The van der Waals surface area contributed by atoms with E-state index in [0.717, 1.165) is 34.5 Å². The second-order valence-corrected chi connectivity index (χ2v) is 6.08. The van der Waals surface area contributed by atoms with Gasteiger partial charge in [-0.1, -0.05) is 15.9 Å². The number of ether oxygens (including phenoxy) is 2. The molecule has 0 radical (unpaired) electrons. The normalized spacial score (nSPS) is 10.8. The van der Waals surface area contributed by atoms with Crippen LogP contribution < -0.4 is 14.8 Å². The highest BCUT2D eigenvalue weighted by molar-refractivity contribution is 9.10. The topological polar surface area (TPSA) is 73.6 Å². The number of aryl methyl sites for hydroxylation is 1. The standard InChI is InChI=1S/C16H18BrN5O2/c1-10-6-15(22-16(21-10)19-9-20-22)18-5-4-11-7-13(23-2)14(24-3)8-12(11)17/h6-9,18H,4-5H2,1-3H3. The number of rotatable bonds is 6. The number of hydrogen-bond donors (Lipinski definition) is 1. The van der Waals surface area contributed by atoms with E-state index in [1.807, 2.05) is 25.1 Å². The third-order valence-corrected chi connectivity index (χ3v) is 4.37. The fraction of sp³-hybridized carbons (Fsp3) is 0.312. The lowest BCUT2D eigenvalue weighted by Crippen LogP contribution is -2.10. The van der Waals surface area contributed by atoms with Crippen LogP contribution in [0.3, 0.4) is 0 Å². The minimum atomic E-state index is 0.588. The molecule has 24 heavy (non-hydrogen) atoms. The molecule has 1 N–H and O–H groups in total. The quantitative estimate of drug-likeness (QED) is 0.696. The summed E-state index contributed by atoms with van der Waals surface area (Å²) in [4.78, 5) is 8.46. The van der Waals surface area contributed by atoms with E-state index in [1.54, 1.807) is 18.7 Å². The Bertz CT molecular complexity index is 865. The second-order valence-electron chi connectivity index (χ2n) is 5.23. The maximum absolute atomic E-state index is 5.36. The zero-order valence-corrected chi connectivity index (χ0v) is 15.3. The molecule has 0 atom stereocenters. The Kier molecular flexibility index (Phi) is 4.84. The summed E-state index contributed by atoms with van der Waals surface area (Å²) >= 11 is 3.58. The van der Waals surface area contributed by atoms with Gasteiger partial charge in [-0.15, -0.1) is 0 Å². The van der Waals surface area contributed by atoms with Gasteiger partial charge in [-0.3, -0.25) is 0 Å². The van der Waals surface area contributed by atoms with Crippen LogP contribution in [0.25, 0.3) is 5.78 Å². The first kappa shape index (κ1) is 16.5. The number of methoxy groups -OCH3 is 2. The van der Waals surface area contributed by atoms with E-state index in [9.17, 15) is 0 Å². The number of benzene rings is 1. The van der Waals surface area contributed by atoms with Crippen LogP contribution >= 0.6 is 15.9 Å². The monoisotopic (exact) mass is 391 g/mol. The number of nitrogens with zero attached hydrogens (tertiary/aromatic N) is 4. The number of anilines is 1. The van der Waals surface area contributed by atoms with Crippen molar-refractivity contribution in [2.45, 2.75) is 13.3 Å². The van der Waals surface area contributed by atoms with Crippen molar-refractivity contribution in [2.75, 3.05) is 26.1 Å². The molecule has 3 rings (SSSR count). The third-order valence-electron chi connectivity index (χ3n) is 3.63. The summed E-state index contributed by atoms with van der Waals surface area (Å²) in [5, 5.41) is 7.57. The first-order valence-corrected chi connectivity index (χ1v) is 8.23. The van der Waals surface area contributed by atoms with Gasteiger partial charge in [0.05, 0.1) is 14.2 Å². The summed E-state index contributed by atoms with van der Waals surface area (Å²) < 4.78 is 13.3. The molecule has 0 fully saturated rings. The summed E-state index contributed by atoms with van der Waals surface area (Å²) in [6.07, 6.45) is 2.30. The number of fused-ring (bicyclic) bond motifs is 1. The predicted octanol–water partition coefficient (Wildman–Crippen LogP) is 2.87. The molecule has 0 saturated heterocycles. The van der Waals surface area contributed by atoms with Crippen molar-refractivity contribution in [3.8, 4) is 11.5 Å². The van der Waals surface area contributed by atoms with Gasteiger partial charge in [-0.05, 0) is 31.0 Å². The lowest BCUT2D eigenvalue weighted by atomic mass is 10.1. The van der Waals surface area contributed by atoms with Gasteiger partial charge in [0.25, 0.3) is 5.78 Å². The molecule has 0 unspecified atom stereocenters.